The van der Waals surface area contributed by atoms with E-state index in [1.807, 2.05) is 0 Å². The van der Waals surface area contributed by atoms with Crippen LogP contribution in [0.25, 0.3) is 0 Å². The molecule has 0 amide bonds. The zero-order valence-corrected chi connectivity index (χ0v) is 8.47. The normalized spacial score (nSPS) is 11.4. The predicted molar refractivity (Wildman–Crippen MR) is 46.1 cm³/mol. The molecule has 0 saturated carbocycles. The molecule has 0 aromatic heterocycles. The Balaban J connectivity index is 2.65. The molecule has 10 heavy (non-hydrogen) atoms. The Morgan fingerprint density at radius 2 is 1.80 bits per heavy atom. The van der Waals surface area contributed by atoms with Gasteiger partial charge in [-0.25, -0.2) is 0 Å². The Labute approximate surface area is 65.9 Å². The van der Waals surface area contributed by atoms with Gasteiger partial charge in [0, 0.05) is 20.3 Å². The fourth-order valence-corrected chi connectivity index (χ4v) is 1.26. The summed E-state index contributed by atoms with van der Waals surface area (Å²) in [4.78, 5) is 0. The highest BCUT2D eigenvalue weighted by atomic mass is 28.2. The van der Waals surface area contributed by atoms with Gasteiger partial charge in [0.05, 0.1) is 0 Å². The smallest absolute Gasteiger partial charge is 0.158 e. The third-order valence-corrected chi connectivity index (χ3v) is 2.04. The van der Waals surface area contributed by atoms with Crippen molar-refractivity contribution in [3.05, 3.63) is 0 Å². The second kappa shape index (κ2) is 9.14. The Bertz CT molecular complexity index is 51.6. The average Bonchev–Trinajstić information content (AvgIpc) is 1.97. The first-order valence-electron chi connectivity index (χ1n) is 3.98. The Hall–Kier alpha value is 0.137. The molecule has 0 heterocycles. The fourth-order valence-electron chi connectivity index (χ4n) is 0.772. The first-order chi connectivity index (χ1) is 4.91. The minimum atomic E-state index is -0.157. The van der Waals surface area contributed by atoms with Crippen molar-refractivity contribution in [2.24, 2.45) is 0 Å². The lowest BCUT2D eigenvalue weighted by molar-refractivity contribution is 0.189. The molecular formula is C7H18O2Si. The number of methoxy groups -OCH3 is 1. The van der Waals surface area contributed by atoms with Crippen molar-refractivity contribution in [3.8, 4) is 0 Å². The molecule has 0 N–H and O–H groups in total. The van der Waals surface area contributed by atoms with Gasteiger partial charge in [0.1, 0.15) is 0 Å². The summed E-state index contributed by atoms with van der Waals surface area (Å²) >= 11 is 0. The van der Waals surface area contributed by atoms with Crippen LogP contribution >= 0.6 is 0 Å². The van der Waals surface area contributed by atoms with Crippen LogP contribution in [0.1, 0.15) is 19.3 Å². The molecule has 0 atom stereocenters. The highest BCUT2D eigenvalue weighted by molar-refractivity contribution is 6.24. The number of ether oxygens (including phenoxy) is 1. The predicted octanol–water partition coefficient (Wildman–Crippen LogP) is 0.952. The van der Waals surface area contributed by atoms with Crippen LogP contribution in [0.4, 0.5) is 0 Å². The van der Waals surface area contributed by atoms with Gasteiger partial charge in [-0.15, -0.1) is 0 Å². The highest BCUT2D eigenvalue weighted by Crippen LogP contribution is 1.94. The van der Waals surface area contributed by atoms with E-state index >= 15 is 0 Å². The van der Waals surface area contributed by atoms with E-state index in [0.717, 1.165) is 13.2 Å². The standard InChI is InChI=1S/C7H18O2Si/c1-8-6-4-3-5-7-9-10-2/h3-7,10H2,1-2H3. The van der Waals surface area contributed by atoms with Crippen LogP contribution in [0.2, 0.25) is 6.55 Å². The van der Waals surface area contributed by atoms with Crippen LogP contribution < -0.4 is 0 Å². The van der Waals surface area contributed by atoms with E-state index in [2.05, 4.69) is 6.55 Å². The van der Waals surface area contributed by atoms with Gasteiger partial charge in [0.25, 0.3) is 0 Å². The number of unbranched alkanes of at least 4 members (excludes halogenated alkanes) is 2. The molecule has 2 nitrogen and oxygen atoms in total. The van der Waals surface area contributed by atoms with E-state index in [9.17, 15) is 0 Å². The molecule has 0 bridgehead atoms. The van der Waals surface area contributed by atoms with E-state index < -0.39 is 0 Å². The van der Waals surface area contributed by atoms with Gasteiger partial charge in [-0.3, -0.25) is 0 Å². The number of hydrogen-bond acceptors (Lipinski definition) is 2. The topological polar surface area (TPSA) is 18.5 Å². The summed E-state index contributed by atoms with van der Waals surface area (Å²) in [6.45, 7) is 4.02. The van der Waals surface area contributed by atoms with Crippen LogP contribution in [0.3, 0.4) is 0 Å². The molecule has 0 fully saturated rings. The lowest BCUT2D eigenvalue weighted by Crippen LogP contribution is -1.97. The maximum Gasteiger partial charge on any atom is 0.158 e. The minimum Gasteiger partial charge on any atom is -0.424 e. The lowest BCUT2D eigenvalue weighted by atomic mass is 10.2. The third kappa shape index (κ3) is 8.14. The summed E-state index contributed by atoms with van der Waals surface area (Å²) in [7, 11) is 1.59. The molecule has 0 radical (unpaired) electrons. The molecule has 0 aliphatic carbocycles. The summed E-state index contributed by atoms with van der Waals surface area (Å²) < 4.78 is 10.2. The fraction of sp³-hybridized carbons (Fsp3) is 1.00. The molecule has 0 aliphatic rings. The molecular weight excluding hydrogens is 144 g/mol. The maximum atomic E-state index is 5.31. The van der Waals surface area contributed by atoms with Crippen molar-refractivity contribution in [1.29, 1.82) is 0 Å². The SMILES string of the molecule is COCCCCCO[SiH2]C. The van der Waals surface area contributed by atoms with Gasteiger partial charge < -0.3 is 9.16 Å². The first-order valence-corrected chi connectivity index (χ1v) is 5.97. The van der Waals surface area contributed by atoms with Gasteiger partial charge in [-0.05, 0) is 19.3 Å². The van der Waals surface area contributed by atoms with Gasteiger partial charge in [0.2, 0.25) is 0 Å². The molecule has 62 valence electrons. The lowest BCUT2D eigenvalue weighted by Gasteiger charge is -2.00. The Morgan fingerprint density at radius 1 is 1.10 bits per heavy atom. The van der Waals surface area contributed by atoms with E-state index in [-0.39, 0.29) is 9.76 Å². The van der Waals surface area contributed by atoms with E-state index in [1.165, 1.54) is 19.3 Å². The van der Waals surface area contributed by atoms with Crippen molar-refractivity contribution in [2.75, 3.05) is 20.3 Å². The Kier molecular flexibility index (Phi) is 9.26. The second-order valence-corrected chi connectivity index (χ2v) is 3.24. The van der Waals surface area contributed by atoms with Crippen LogP contribution in [-0.2, 0) is 9.16 Å². The zero-order valence-electron chi connectivity index (χ0n) is 7.06. The van der Waals surface area contributed by atoms with Gasteiger partial charge in [0.15, 0.2) is 9.76 Å². The largest absolute Gasteiger partial charge is 0.424 e. The zero-order chi connectivity index (χ0) is 7.66. The molecule has 0 saturated heterocycles. The summed E-state index contributed by atoms with van der Waals surface area (Å²) in [6.07, 6.45) is 3.61. The summed E-state index contributed by atoms with van der Waals surface area (Å²) in [6, 6.07) is 0. The van der Waals surface area contributed by atoms with Gasteiger partial charge >= 0.3 is 0 Å². The highest BCUT2D eigenvalue weighted by Gasteiger charge is 1.87. The van der Waals surface area contributed by atoms with Crippen LogP contribution in [-0.4, -0.2) is 30.1 Å². The van der Waals surface area contributed by atoms with Crippen LogP contribution in [0, 0.1) is 0 Å². The second-order valence-electron chi connectivity index (χ2n) is 2.25. The van der Waals surface area contributed by atoms with Crippen molar-refractivity contribution in [2.45, 2.75) is 25.8 Å². The maximum absolute atomic E-state index is 5.31. The van der Waals surface area contributed by atoms with Crippen molar-refractivity contribution in [3.63, 3.8) is 0 Å². The summed E-state index contributed by atoms with van der Waals surface area (Å²) in [5, 5.41) is 0. The summed E-state index contributed by atoms with van der Waals surface area (Å²) in [5.41, 5.74) is 0. The Morgan fingerprint density at radius 3 is 2.40 bits per heavy atom. The van der Waals surface area contributed by atoms with Crippen molar-refractivity contribution < 1.29 is 9.16 Å². The molecule has 0 aromatic carbocycles. The van der Waals surface area contributed by atoms with Gasteiger partial charge in [-0.2, -0.15) is 0 Å². The molecule has 0 rings (SSSR count). The monoisotopic (exact) mass is 162 g/mol. The number of rotatable bonds is 7. The minimum absolute atomic E-state index is 0.157. The molecule has 0 aliphatic heterocycles. The average molecular weight is 162 g/mol. The summed E-state index contributed by atoms with van der Waals surface area (Å²) in [5.74, 6) is 0. The molecule has 0 aromatic rings. The molecule has 0 spiro atoms. The molecule has 0 unspecified atom stereocenters. The van der Waals surface area contributed by atoms with Crippen LogP contribution in [0.5, 0.6) is 0 Å². The van der Waals surface area contributed by atoms with Crippen molar-refractivity contribution >= 4 is 9.76 Å². The van der Waals surface area contributed by atoms with Gasteiger partial charge in [-0.1, -0.05) is 6.55 Å². The van der Waals surface area contributed by atoms with E-state index in [0.29, 0.717) is 0 Å². The first kappa shape index (κ1) is 10.1. The quantitative estimate of drug-likeness (QED) is 0.410. The third-order valence-electron chi connectivity index (χ3n) is 1.34. The van der Waals surface area contributed by atoms with Crippen LogP contribution in [0.15, 0.2) is 0 Å². The molecule has 3 heteroatoms. The van der Waals surface area contributed by atoms with Crippen molar-refractivity contribution in [1.82, 2.24) is 0 Å². The van der Waals surface area contributed by atoms with E-state index in [1.54, 1.807) is 7.11 Å². The number of hydrogen-bond donors (Lipinski definition) is 0. The van der Waals surface area contributed by atoms with E-state index in [4.69, 9.17) is 9.16 Å².